The van der Waals surface area contributed by atoms with Crippen molar-refractivity contribution in [3.63, 3.8) is 0 Å². The van der Waals surface area contributed by atoms with E-state index in [1.165, 1.54) is 5.06 Å². The fourth-order valence-electron chi connectivity index (χ4n) is 1.30. The smallest absolute Gasteiger partial charge is 0.222 e. The van der Waals surface area contributed by atoms with Gasteiger partial charge in [-0.25, -0.2) is 9.97 Å². The standard InChI is InChI=1S/C11H20N4O/c1-5-15(16)11(3,4)8-14-10-12-6-9(2)7-13-10/h6-7,16H,5,8H2,1-4H3,(H,12,13,14). The van der Waals surface area contributed by atoms with Crippen LogP contribution in [0.25, 0.3) is 0 Å². The van der Waals surface area contributed by atoms with Crippen molar-refractivity contribution in [2.45, 2.75) is 33.2 Å². The number of rotatable bonds is 5. The first-order chi connectivity index (χ1) is 7.45. The minimum atomic E-state index is -0.344. The number of aryl methyl sites for hydroxylation is 1. The summed E-state index contributed by atoms with van der Waals surface area (Å²) in [5.74, 6) is 0.586. The van der Waals surface area contributed by atoms with E-state index in [0.717, 1.165) is 5.56 Å². The molecule has 0 spiro atoms. The second kappa shape index (κ2) is 5.23. The maximum atomic E-state index is 9.66. The first-order valence-electron chi connectivity index (χ1n) is 5.45. The van der Waals surface area contributed by atoms with Crippen LogP contribution in [0.3, 0.4) is 0 Å². The summed E-state index contributed by atoms with van der Waals surface area (Å²) in [5.41, 5.74) is 0.686. The van der Waals surface area contributed by atoms with Crippen LogP contribution in [-0.4, -0.2) is 38.9 Å². The van der Waals surface area contributed by atoms with Crippen molar-refractivity contribution in [1.82, 2.24) is 15.0 Å². The summed E-state index contributed by atoms with van der Waals surface area (Å²) < 4.78 is 0. The Morgan fingerprint density at radius 1 is 1.38 bits per heavy atom. The number of likely N-dealkylation sites (N-methyl/N-ethyl adjacent to an activating group) is 1. The number of hydrogen-bond donors (Lipinski definition) is 2. The topological polar surface area (TPSA) is 61.3 Å². The molecule has 0 aromatic carbocycles. The summed E-state index contributed by atoms with van der Waals surface area (Å²) in [6.07, 6.45) is 3.53. The molecular weight excluding hydrogens is 204 g/mol. The normalized spacial score (nSPS) is 11.9. The lowest BCUT2D eigenvalue weighted by atomic mass is 10.1. The van der Waals surface area contributed by atoms with Gasteiger partial charge >= 0.3 is 0 Å². The van der Waals surface area contributed by atoms with Crippen molar-refractivity contribution in [3.8, 4) is 0 Å². The van der Waals surface area contributed by atoms with Crippen molar-refractivity contribution >= 4 is 5.95 Å². The maximum absolute atomic E-state index is 9.66. The molecule has 0 saturated heterocycles. The zero-order valence-corrected chi connectivity index (χ0v) is 10.4. The third kappa shape index (κ3) is 3.43. The van der Waals surface area contributed by atoms with E-state index < -0.39 is 0 Å². The predicted molar refractivity (Wildman–Crippen MR) is 63.5 cm³/mol. The van der Waals surface area contributed by atoms with Crippen LogP contribution in [0.2, 0.25) is 0 Å². The van der Waals surface area contributed by atoms with Gasteiger partial charge in [0, 0.05) is 25.5 Å². The summed E-state index contributed by atoms with van der Waals surface area (Å²) in [6, 6.07) is 0. The van der Waals surface area contributed by atoms with Gasteiger partial charge in [-0.2, -0.15) is 5.06 Å². The molecule has 1 heterocycles. The van der Waals surface area contributed by atoms with Crippen LogP contribution in [0.1, 0.15) is 26.3 Å². The minimum Gasteiger partial charge on any atom is -0.352 e. The van der Waals surface area contributed by atoms with Crippen LogP contribution < -0.4 is 5.32 Å². The Bertz CT molecular complexity index is 323. The monoisotopic (exact) mass is 224 g/mol. The van der Waals surface area contributed by atoms with Crippen molar-refractivity contribution in [2.75, 3.05) is 18.4 Å². The Kier molecular flexibility index (Phi) is 4.20. The third-order valence-corrected chi connectivity index (χ3v) is 2.46. The van der Waals surface area contributed by atoms with Gasteiger partial charge in [0.15, 0.2) is 0 Å². The molecule has 0 radical (unpaired) electrons. The number of hydroxylamine groups is 2. The molecule has 1 aromatic heterocycles. The van der Waals surface area contributed by atoms with Gasteiger partial charge < -0.3 is 10.5 Å². The maximum Gasteiger partial charge on any atom is 0.222 e. The van der Waals surface area contributed by atoms with Crippen LogP contribution >= 0.6 is 0 Å². The molecule has 0 atom stereocenters. The predicted octanol–water partition coefficient (Wildman–Crippen LogP) is 1.69. The van der Waals surface area contributed by atoms with Crippen LogP contribution in [0.5, 0.6) is 0 Å². The highest BCUT2D eigenvalue weighted by Crippen LogP contribution is 2.12. The molecule has 2 N–H and O–H groups in total. The van der Waals surface area contributed by atoms with Crippen LogP contribution in [0.4, 0.5) is 5.95 Å². The van der Waals surface area contributed by atoms with Gasteiger partial charge in [0.2, 0.25) is 5.95 Å². The molecule has 0 aliphatic carbocycles. The molecular formula is C11H20N4O. The largest absolute Gasteiger partial charge is 0.352 e. The van der Waals surface area contributed by atoms with Gasteiger partial charge in [-0.3, -0.25) is 0 Å². The van der Waals surface area contributed by atoms with Crippen molar-refractivity contribution in [2.24, 2.45) is 0 Å². The highest BCUT2D eigenvalue weighted by molar-refractivity contribution is 5.25. The lowest BCUT2D eigenvalue weighted by Crippen LogP contribution is -2.46. The van der Waals surface area contributed by atoms with Crippen LogP contribution in [-0.2, 0) is 0 Å². The summed E-state index contributed by atoms with van der Waals surface area (Å²) in [6.45, 7) is 8.93. The highest BCUT2D eigenvalue weighted by atomic mass is 16.5. The average molecular weight is 224 g/mol. The van der Waals surface area contributed by atoms with Crippen molar-refractivity contribution in [3.05, 3.63) is 18.0 Å². The number of nitrogens with one attached hydrogen (secondary N) is 1. The van der Waals surface area contributed by atoms with E-state index in [-0.39, 0.29) is 5.54 Å². The second-order valence-electron chi connectivity index (χ2n) is 4.47. The zero-order valence-electron chi connectivity index (χ0n) is 10.4. The van der Waals surface area contributed by atoms with Gasteiger partial charge in [-0.15, -0.1) is 0 Å². The zero-order chi connectivity index (χ0) is 12.2. The van der Waals surface area contributed by atoms with Gasteiger partial charge in [-0.05, 0) is 26.3 Å². The van der Waals surface area contributed by atoms with E-state index in [9.17, 15) is 5.21 Å². The lowest BCUT2D eigenvalue weighted by Gasteiger charge is -2.32. The Morgan fingerprint density at radius 3 is 2.44 bits per heavy atom. The van der Waals surface area contributed by atoms with Crippen molar-refractivity contribution < 1.29 is 5.21 Å². The fraction of sp³-hybridized carbons (Fsp3) is 0.636. The Morgan fingerprint density at radius 2 is 1.94 bits per heavy atom. The minimum absolute atomic E-state index is 0.344. The second-order valence-corrected chi connectivity index (χ2v) is 4.47. The fourth-order valence-corrected chi connectivity index (χ4v) is 1.30. The lowest BCUT2D eigenvalue weighted by molar-refractivity contribution is -0.153. The molecule has 0 amide bonds. The number of hydrogen-bond acceptors (Lipinski definition) is 5. The van der Waals surface area contributed by atoms with E-state index >= 15 is 0 Å². The third-order valence-electron chi connectivity index (χ3n) is 2.46. The van der Waals surface area contributed by atoms with E-state index in [0.29, 0.717) is 19.0 Å². The van der Waals surface area contributed by atoms with E-state index in [4.69, 9.17) is 0 Å². The van der Waals surface area contributed by atoms with E-state index in [2.05, 4.69) is 15.3 Å². The molecule has 5 heteroatoms. The van der Waals surface area contributed by atoms with Gasteiger partial charge in [0.1, 0.15) is 0 Å². The quantitative estimate of drug-likeness (QED) is 0.745. The molecule has 0 saturated carbocycles. The average Bonchev–Trinajstić information content (AvgIpc) is 2.27. The first kappa shape index (κ1) is 12.9. The summed E-state index contributed by atoms with van der Waals surface area (Å²) in [5, 5.41) is 14.1. The van der Waals surface area contributed by atoms with Crippen LogP contribution in [0.15, 0.2) is 12.4 Å². The number of nitrogens with zero attached hydrogens (tertiary/aromatic N) is 3. The molecule has 0 unspecified atom stereocenters. The first-order valence-corrected chi connectivity index (χ1v) is 5.45. The van der Waals surface area contributed by atoms with E-state index in [1.807, 2.05) is 27.7 Å². The molecule has 1 aromatic rings. The molecule has 0 bridgehead atoms. The Labute approximate surface area is 96.5 Å². The SMILES string of the molecule is CCN(O)C(C)(C)CNc1ncc(C)cn1. The molecule has 16 heavy (non-hydrogen) atoms. The molecule has 1 rings (SSSR count). The molecule has 5 nitrogen and oxygen atoms in total. The Balaban J connectivity index is 2.54. The summed E-state index contributed by atoms with van der Waals surface area (Å²) in [7, 11) is 0. The van der Waals surface area contributed by atoms with Gasteiger partial charge in [0.05, 0.1) is 5.54 Å². The van der Waals surface area contributed by atoms with Gasteiger partial charge in [-0.1, -0.05) is 6.92 Å². The Hall–Kier alpha value is -1.20. The molecule has 0 fully saturated rings. The van der Waals surface area contributed by atoms with Gasteiger partial charge in [0.25, 0.3) is 0 Å². The number of aromatic nitrogens is 2. The summed E-state index contributed by atoms with van der Waals surface area (Å²) in [4.78, 5) is 8.29. The molecule has 90 valence electrons. The van der Waals surface area contributed by atoms with Crippen molar-refractivity contribution in [1.29, 1.82) is 0 Å². The van der Waals surface area contributed by atoms with E-state index in [1.54, 1.807) is 12.4 Å². The molecule has 0 aliphatic rings. The van der Waals surface area contributed by atoms with Crippen LogP contribution in [0, 0.1) is 6.92 Å². The number of anilines is 1. The molecule has 0 aliphatic heterocycles. The summed E-state index contributed by atoms with van der Waals surface area (Å²) >= 11 is 0. The highest BCUT2D eigenvalue weighted by Gasteiger charge is 2.24.